The normalized spacial score (nSPS) is 38.7. The molecule has 0 amide bonds. The zero-order valence-corrected chi connectivity index (χ0v) is 12.9. The fraction of sp³-hybridized carbons (Fsp3) is 0.938. The molecule has 1 aliphatic carbocycles. The van der Waals surface area contributed by atoms with E-state index >= 15 is 0 Å². The second kappa shape index (κ2) is 5.82. The highest BCUT2D eigenvalue weighted by Crippen LogP contribution is 2.34. The van der Waals surface area contributed by atoms with Gasteiger partial charge >= 0.3 is 5.97 Å². The zero-order chi connectivity index (χ0) is 14.0. The van der Waals surface area contributed by atoms with Gasteiger partial charge in [0.15, 0.2) is 0 Å². The average molecular weight is 267 g/mol. The molecule has 0 aromatic carbocycles. The highest BCUT2D eigenvalue weighted by molar-refractivity contribution is 5.77. The Hall–Kier alpha value is -0.570. The third-order valence-corrected chi connectivity index (χ3v) is 4.78. The molecule has 0 radical (unpaired) electrons. The molecule has 0 spiro atoms. The van der Waals surface area contributed by atoms with E-state index in [1.54, 1.807) is 0 Å². The quantitative estimate of drug-likeness (QED) is 0.781. The second-order valence-corrected chi connectivity index (χ2v) is 7.46. The van der Waals surface area contributed by atoms with Crippen molar-refractivity contribution in [1.82, 2.24) is 5.32 Å². The Morgan fingerprint density at radius 2 is 1.79 bits per heavy atom. The lowest BCUT2D eigenvalue weighted by atomic mass is 9.77. The van der Waals surface area contributed by atoms with Crippen molar-refractivity contribution in [2.45, 2.75) is 71.9 Å². The first kappa shape index (κ1) is 14.8. The molecule has 1 saturated heterocycles. The van der Waals surface area contributed by atoms with E-state index in [0.29, 0.717) is 11.8 Å². The van der Waals surface area contributed by atoms with E-state index in [0.717, 1.165) is 32.2 Å². The summed E-state index contributed by atoms with van der Waals surface area (Å²) in [5.74, 6) is 1.32. The van der Waals surface area contributed by atoms with Crippen molar-refractivity contribution < 1.29 is 9.53 Å². The van der Waals surface area contributed by atoms with Crippen molar-refractivity contribution in [3.63, 3.8) is 0 Å². The lowest BCUT2D eigenvalue weighted by Crippen LogP contribution is -2.53. The molecule has 2 fully saturated rings. The molecule has 0 aromatic heterocycles. The van der Waals surface area contributed by atoms with Gasteiger partial charge in [-0.3, -0.25) is 4.79 Å². The lowest BCUT2D eigenvalue weighted by Gasteiger charge is -2.39. The van der Waals surface area contributed by atoms with Crippen molar-refractivity contribution >= 4 is 5.97 Å². The number of piperidine rings is 1. The summed E-state index contributed by atoms with van der Waals surface area (Å²) in [4.78, 5) is 12.4. The average Bonchev–Trinajstić information content (AvgIpc) is 2.26. The highest BCUT2D eigenvalue weighted by Gasteiger charge is 2.39. The van der Waals surface area contributed by atoms with Crippen molar-refractivity contribution in [3.05, 3.63) is 0 Å². The van der Waals surface area contributed by atoms with Crippen LogP contribution in [0.1, 0.15) is 59.8 Å². The monoisotopic (exact) mass is 267 g/mol. The fourth-order valence-corrected chi connectivity index (χ4v) is 3.82. The summed E-state index contributed by atoms with van der Waals surface area (Å²) in [5.41, 5.74) is 0.0151. The maximum absolute atomic E-state index is 12.4. The van der Waals surface area contributed by atoms with Crippen molar-refractivity contribution in [1.29, 1.82) is 0 Å². The summed E-state index contributed by atoms with van der Waals surface area (Å²) >= 11 is 0. The van der Waals surface area contributed by atoms with Crippen LogP contribution in [0, 0.1) is 17.3 Å². The van der Waals surface area contributed by atoms with Crippen LogP contribution in [0.4, 0.5) is 0 Å². The van der Waals surface area contributed by atoms with Crippen LogP contribution in [-0.4, -0.2) is 24.7 Å². The molecule has 110 valence electrons. The van der Waals surface area contributed by atoms with E-state index in [4.69, 9.17) is 4.74 Å². The maximum Gasteiger partial charge on any atom is 0.323 e. The van der Waals surface area contributed by atoms with E-state index in [-0.39, 0.29) is 23.5 Å². The van der Waals surface area contributed by atoms with Gasteiger partial charge < -0.3 is 10.1 Å². The van der Waals surface area contributed by atoms with Crippen molar-refractivity contribution in [2.24, 2.45) is 17.3 Å². The summed E-state index contributed by atoms with van der Waals surface area (Å²) in [5, 5.41) is 3.35. The molecule has 3 unspecified atom stereocenters. The van der Waals surface area contributed by atoms with Gasteiger partial charge in [0.2, 0.25) is 0 Å². The van der Waals surface area contributed by atoms with E-state index in [1.165, 1.54) is 6.42 Å². The predicted molar refractivity (Wildman–Crippen MR) is 76.9 cm³/mol. The number of carbonyl (C=O) groups is 1. The van der Waals surface area contributed by atoms with Gasteiger partial charge in [0.25, 0.3) is 0 Å². The van der Waals surface area contributed by atoms with Gasteiger partial charge in [0, 0.05) is 0 Å². The molecule has 1 aliphatic heterocycles. The minimum atomic E-state index is -0.131. The molecular weight excluding hydrogens is 238 g/mol. The Labute approximate surface area is 117 Å². The van der Waals surface area contributed by atoms with Crippen LogP contribution in [0.2, 0.25) is 0 Å². The van der Waals surface area contributed by atoms with Crippen LogP contribution >= 0.6 is 0 Å². The Bertz CT molecular complexity index is 317. The van der Waals surface area contributed by atoms with Gasteiger partial charge in [-0.2, -0.15) is 0 Å². The minimum absolute atomic E-state index is 0.0151. The van der Waals surface area contributed by atoms with Gasteiger partial charge in [-0.25, -0.2) is 0 Å². The van der Waals surface area contributed by atoms with Gasteiger partial charge in [-0.05, 0) is 55.9 Å². The molecule has 1 heterocycles. The summed E-state index contributed by atoms with van der Waals surface area (Å²) in [6, 6.07) is -0.131. The molecule has 19 heavy (non-hydrogen) atoms. The number of esters is 1. The Morgan fingerprint density at radius 1 is 1.16 bits per heavy atom. The van der Waals surface area contributed by atoms with Crippen LogP contribution in [0.15, 0.2) is 0 Å². The maximum atomic E-state index is 12.4. The number of rotatable bonds is 2. The zero-order valence-electron chi connectivity index (χ0n) is 12.9. The number of hydrogen-bond acceptors (Lipinski definition) is 3. The molecule has 3 heteroatoms. The molecule has 1 saturated carbocycles. The van der Waals surface area contributed by atoms with E-state index in [2.05, 4.69) is 33.0 Å². The summed E-state index contributed by atoms with van der Waals surface area (Å²) < 4.78 is 5.81. The number of ether oxygens (including phenoxy) is 1. The Balaban J connectivity index is 1.93. The van der Waals surface area contributed by atoms with Gasteiger partial charge in [-0.15, -0.1) is 0 Å². The second-order valence-electron chi connectivity index (χ2n) is 7.46. The van der Waals surface area contributed by atoms with Crippen LogP contribution in [0.5, 0.6) is 0 Å². The highest BCUT2D eigenvalue weighted by atomic mass is 16.5. The molecule has 3 nitrogen and oxygen atoms in total. The van der Waals surface area contributed by atoms with Crippen LogP contribution in [0.25, 0.3) is 0 Å². The summed E-state index contributed by atoms with van der Waals surface area (Å²) in [6.45, 7) is 9.79. The first-order chi connectivity index (χ1) is 8.88. The Kier molecular flexibility index (Phi) is 4.54. The lowest BCUT2D eigenvalue weighted by molar-refractivity contribution is -0.158. The Morgan fingerprint density at radius 3 is 2.37 bits per heavy atom. The van der Waals surface area contributed by atoms with Crippen LogP contribution in [0.3, 0.4) is 0 Å². The fourth-order valence-electron chi connectivity index (χ4n) is 3.82. The summed E-state index contributed by atoms with van der Waals surface area (Å²) in [6.07, 6.45) is 5.70. The van der Waals surface area contributed by atoms with Crippen molar-refractivity contribution in [2.75, 3.05) is 6.54 Å². The van der Waals surface area contributed by atoms with E-state index in [1.807, 2.05) is 0 Å². The number of hydrogen-bond donors (Lipinski definition) is 1. The smallest absolute Gasteiger partial charge is 0.323 e. The SMILES string of the molecule is CC1CC(C)CC(OC(=O)C2NCCCC2(C)C)C1. The first-order valence-corrected chi connectivity index (χ1v) is 7.82. The minimum Gasteiger partial charge on any atom is -0.461 e. The topological polar surface area (TPSA) is 38.3 Å². The molecule has 2 rings (SSSR count). The molecule has 2 aliphatic rings. The third-order valence-electron chi connectivity index (χ3n) is 4.78. The molecular formula is C16H29NO2. The standard InChI is InChI=1S/C16H29NO2/c1-11-8-12(2)10-13(9-11)19-15(18)14-16(3,4)6-5-7-17-14/h11-14,17H,5-10H2,1-4H3. The number of nitrogens with one attached hydrogen (secondary N) is 1. The van der Waals surface area contributed by atoms with Crippen LogP contribution in [-0.2, 0) is 9.53 Å². The summed E-state index contributed by atoms with van der Waals surface area (Å²) in [7, 11) is 0. The van der Waals surface area contributed by atoms with Crippen molar-refractivity contribution in [3.8, 4) is 0 Å². The molecule has 0 bridgehead atoms. The molecule has 0 aromatic rings. The largest absolute Gasteiger partial charge is 0.461 e. The van der Waals surface area contributed by atoms with Gasteiger partial charge in [0.1, 0.15) is 12.1 Å². The van der Waals surface area contributed by atoms with Crippen LogP contribution < -0.4 is 5.32 Å². The molecule has 3 atom stereocenters. The predicted octanol–water partition coefficient (Wildman–Crippen LogP) is 3.13. The van der Waals surface area contributed by atoms with Gasteiger partial charge in [-0.1, -0.05) is 27.7 Å². The van der Waals surface area contributed by atoms with E-state index in [9.17, 15) is 4.79 Å². The molecule has 1 N–H and O–H groups in total. The van der Waals surface area contributed by atoms with Gasteiger partial charge in [0.05, 0.1) is 0 Å². The number of carbonyl (C=O) groups excluding carboxylic acids is 1. The third kappa shape index (κ3) is 3.71. The first-order valence-electron chi connectivity index (χ1n) is 7.82. The van der Waals surface area contributed by atoms with E-state index < -0.39 is 0 Å².